The van der Waals surface area contributed by atoms with Crippen LogP contribution in [-0.2, 0) is 24.2 Å². The lowest BCUT2D eigenvalue weighted by atomic mass is 9.93. The minimum absolute atomic E-state index is 0.348. The molecule has 2 aliphatic heterocycles. The van der Waals surface area contributed by atoms with Gasteiger partial charge in [-0.1, -0.05) is 29.8 Å². The predicted molar refractivity (Wildman–Crippen MR) is 133 cm³/mol. The van der Waals surface area contributed by atoms with Crippen molar-refractivity contribution in [3.63, 3.8) is 0 Å². The van der Waals surface area contributed by atoms with Gasteiger partial charge in [0.25, 0.3) is 0 Å². The number of fused-ring (bicyclic) bond motifs is 1. The summed E-state index contributed by atoms with van der Waals surface area (Å²) < 4.78 is 19.1. The second-order valence-electron chi connectivity index (χ2n) is 9.21. The number of ether oxygens (including phenoxy) is 1. The second-order valence-corrected chi connectivity index (χ2v) is 9.61. The van der Waals surface area contributed by atoms with Crippen molar-refractivity contribution < 1.29 is 9.13 Å². The Morgan fingerprint density at radius 3 is 2.79 bits per heavy atom. The van der Waals surface area contributed by atoms with E-state index in [1.165, 1.54) is 60.7 Å². The summed E-state index contributed by atoms with van der Waals surface area (Å²) in [5.41, 5.74) is 5.28. The largest absolute Gasteiger partial charge is 0.381 e. The number of aromatic nitrogens is 2. The molecular weight excluding hydrogens is 451 g/mol. The molecule has 1 N–H and O–H groups in total. The number of benzene rings is 2. The van der Waals surface area contributed by atoms with E-state index in [1.807, 2.05) is 12.1 Å². The third kappa shape index (κ3) is 5.57. The molecule has 2 aromatic carbocycles. The summed E-state index contributed by atoms with van der Waals surface area (Å²) in [6.45, 7) is 5.85. The standard InChI is InChI=1S/C27H30ClFN4O/c28-25-5-4-22(29)16-24(25)26-6-7-27(32-31-26)30-17-20-2-1-3-21-18-33(13-9-23(20)21)12-8-19-10-14-34-15-11-19/h1-7,16,19H,8-15,17-18H2,(H,30,32). The molecule has 0 spiro atoms. The van der Waals surface area contributed by atoms with Gasteiger partial charge in [0.1, 0.15) is 11.6 Å². The lowest BCUT2D eigenvalue weighted by Crippen LogP contribution is -2.33. The molecule has 3 heterocycles. The molecule has 0 radical (unpaired) electrons. The van der Waals surface area contributed by atoms with Crippen molar-refractivity contribution in [3.8, 4) is 11.3 Å². The molecule has 7 heteroatoms. The Hall–Kier alpha value is -2.54. The number of nitrogens with zero attached hydrogens (tertiary/aromatic N) is 3. The fourth-order valence-electron chi connectivity index (χ4n) is 4.95. The Balaban J connectivity index is 1.19. The number of hydrogen-bond acceptors (Lipinski definition) is 5. The van der Waals surface area contributed by atoms with Crippen molar-refractivity contribution in [3.05, 3.63) is 76.1 Å². The van der Waals surface area contributed by atoms with Crippen LogP contribution in [0.15, 0.2) is 48.5 Å². The van der Waals surface area contributed by atoms with E-state index in [-0.39, 0.29) is 5.82 Å². The van der Waals surface area contributed by atoms with E-state index in [1.54, 1.807) is 0 Å². The summed E-state index contributed by atoms with van der Waals surface area (Å²) in [6, 6.07) is 14.5. The first kappa shape index (κ1) is 23.2. The van der Waals surface area contributed by atoms with Gasteiger partial charge in [-0.2, -0.15) is 0 Å². The van der Waals surface area contributed by atoms with E-state index in [4.69, 9.17) is 16.3 Å². The van der Waals surface area contributed by atoms with Crippen LogP contribution in [0, 0.1) is 11.7 Å². The van der Waals surface area contributed by atoms with Gasteiger partial charge >= 0.3 is 0 Å². The van der Waals surface area contributed by atoms with E-state index in [2.05, 4.69) is 38.6 Å². The molecule has 178 valence electrons. The first-order valence-corrected chi connectivity index (χ1v) is 12.5. The summed E-state index contributed by atoms with van der Waals surface area (Å²) in [4.78, 5) is 2.59. The Bertz CT molecular complexity index is 1120. The number of hydrogen-bond donors (Lipinski definition) is 1. The van der Waals surface area contributed by atoms with Crippen LogP contribution in [0.1, 0.15) is 36.0 Å². The lowest BCUT2D eigenvalue weighted by Gasteiger charge is -2.32. The predicted octanol–water partition coefficient (Wildman–Crippen LogP) is 5.72. The molecule has 2 aliphatic rings. The normalized spacial score (nSPS) is 16.9. The Morgan fingerprint density at radius 2 is 1.97 bits per heavy atom. The first-order valence-electron chi connectivity index (χ1n) is 12.1. The summed E-state index contributed by atoms with van der Waals surface area (Å²) in [5.74, 6) is 1.15. The van der Waals surface area contributed by atoms with Gasteiger partial charge in [-0.15, -0.1) is 10.2 Å². The van der Waals surface area contributed by atoms with Gasteiger partial charge in [0, 0.05) is 38.4 Å². The number of anilines is 1. The van der Waals surface area contributed by atoms with Crippen molar-refractivity contribution in [1.29, 1.82) is 0 Å². The van der Waals surface area contributed by atoms with Gasteiger partial charge in [0.2, 0.25) is 0 Å². The quantitative estimate of drug-likeness (QED) is 0.468. The zero-order valence-corrected chi connectivity index (χ0v) is 20.0. The number of nitrogens with one attached hydrogen (secondary N) is 1. The third-order valence-electron chi connectivity index (χ3n) is 6.97. The molecule has 0 unspecified atom stereocenters. The van der Waals surface area contributed by atoms with E-state index in [9.17, 15) is 4.39 Å². The monoisotopic (exact) mass is 480 g/mol. The average molecular weight is 481 g/mol. The fraction of sp³-hybridized carbons (Fsp3) is 0.407. The van der Waals surface area contributed by atoms with E-state index < -0.39 is 0 Å². The van der Waals surface area contributed by atoms with E-state index >= 15 is 0 Å². The summed E-state index contributed by atoms with van der Waals surface area (Å²) in [6.07, 6.45) is 4.76. The van der Waals surface area contributed by atoms with Crippen molar-refractivity contribution >= 4 is 17.4 Å². The average Bonchev–Trinajstić information content (AvgIpc) is 2.88. The van der Waals surface area contributed by atoms with Crippen molar-refractivity contribution in [1.82, 2.24) is 15.1 Å². The van der Waals surface area contributed by atoms with Gasteiger partial charge in [0.05, 0.1) is 10.7 Å². The van der Waals surface area contributed by atoms with Crippen LogP contribution in [0.2, 0.25) is 5.02 Å². The van der Waals surface area contributed by atoms with Crippen LogP contribution in [0.25, 0.3) is 11.3 Å². The number of halogens is 2. The smallest absolute Gasteiger partial charge is 0.148 e. The summed E-state index contributed by atoms with van der Waals surface area (Å²) in [7, 11) is 0. The lowest BCUT2D eigenvalue weighted by molar-refractivity contribution is 0.0595. The molecule has 5 rings (SSSR count). The highest BCUT2D eigenvalue weighted by molar-refractivity contribution is 6.33. The van der Waals surface area contributed by atoms with Crippen LogP contribution in [0.3, 0.4) is 0 Å². The molecule has 1 saturated heterocycles. The molecule has 34 heavy (non-hydrogen) atoms. The van der Waals surface area contributed by atoms with Crippen molar-refractivity contribution in [2.24, 2.45) is 5.92 Å². The van der Waals surface area contributed by atoms with Crippen LogP contribution >= 0.6 is 11.6 Å². The Labute approximate surface area is 205 Å². The molecule has 0 atom stereocenters. The molecule has 1 fully saturated rings. The van der Waals surface area contributed by atoms with Crippen LogP contribution in [0.5, 0.6) is 0 Å². The second kappa shape index (κ2) is 10.8. The SMILES string of the molecule is Fc1ccc(Cl)c(-c2ccc(NCc3cccc4c3CCN(CCC3CCOCC3)C4)nn2)c1. The third-order valence-corrected chi connectivity index (χ3v) is 7.29. The Kier molecular flexibility index (Phi) is 7.38. The fourth-order valence-corrected chi connectivity index (χ4v) is 5.17. The highest BCUT2D eigenvalue weighted by Gasteiger charge is 2.20. The minimum Gasteiger partial charge on any atom is -0.381 e. The van der Waals surface area contributed by atoms with E-state index in [0.29, 0.717) is 28.6 Å². The zero-order chi connectivity index (χ0) is 23.3. The maximum absolute atomic E-state index is 13.6. The molecule has 0 saturated carbocycles. The van der Waals surface area contributed by atoms with Gasteiger partial charge in [-0.25, -0.2) is 4.39 Å². The molecular formula is C27H30ClFN4O. The van der Waals surface area contributed by atoms with Gasteiger partial charge < -0.3 is 10.1 Å². The minimum atomic E-state index is -0.348. The van der Waals surface area contributed by atoms with Gasteiger partial charge in [0.15, 0.2) is 0 Å². The van der Waals surface area contributed by atoms with Gasteiger partial charge in [-0.3, -0.25) is 4.90 Å². The maximum atomic E-state index is 13.6. The van der Waals surface area contributed by atoms with Crippen LogP contribution < -0.4 is 5.32 Å². The Morgan fingerprint density at radius 1 is 1.09 bits per heavy atom. The first-order chi connectivity index (χ1) is 16.7. The zero-order valence-electron chi connectivity index (χ0n) is 19.3. The maximum Gasteiger partial charge on any atom is 0.148 e. The van der Waals surface area contributed by atoms with Gasteiger partial charge in [-0.05, 0) is 85.2 Å². The molecule has 5 nitrogen and oxygen atoms in total. The molecule has 0 aliphatic carbocycles. The molecule has 0 bridgehead atoms. The van der Waals surface area contributed by atoms with Crippen LogP contribution in [0.4, 0.5) is 10.2 Å². The highest BCUT2D eigenvalue weighted by Crippen LogP contribution is 2.28. The molecule has 1 aromatic heterocycles. The summed E-state index contributed by atoms with van der Waals surface area (Å²) >= 11 is 6.19. The molecule has 0 amide bonds. The highest BCUT2D eigenvalue weighted by atomic mass is 35.5. The van der Waals surface area contributed by atoms with Crippen LogP contribution in [-0.4, -0.2) is 41.4 Å². The number of rotatable bonds is 7. The topological polar surface area (TPSA) is 50.3 Å². The van der Waals surface area contributed by atoms with Crippen molar-refractivity contribution in [2.45, 2.75) is 38.8 Å². The summed E-state index contributed by atoms with van der Waals surface area (Å²) in [5, 5.41) is 12.4. The van der Waals surface area contributed by atoms with Crippen molar-refractivity contribution in [2.75, 3.05) is 31.6 Å². The molecule has 3 aromatic rings. The van der Waals surface area contributed by atoms with E-state index in [0.717, 1.165) is 38.6 Å².